The quantitative estimate of drug-likeness (QED) is 0.612. The summed E-state index contributed by atoms with van der Waals surface area (Å²) in [4.78, 5) is 7.22. The van der Waals surface area contributed by atoms with E-state index in [1.807, 2.05) is 0 Å². The molecule has 0 bridgehead atoms. The number of rotatable bonds is 6. The van der Waals surface area contributed by atoms with Gasteiger partial charge in [0.25, 0.3) is 0 Å². The lowest BCUT2D eigenvalue weighted by Crippen LogP contribution is -2.47. The van der Waals surface area contributed by atoms with E-state index < -0.39 is 0 Å². The first kappa shape index (κ1) is 20.2. The van der Waals surface area contributed by atoms with Crippen LogP contribution >= 0.6 is 0 Å². The number of guanidine groups is 1. The average Bonchev–Trinajstić information content (AvgIpc) is 2.72. The molecule has 0 aromatic heterocycles. The third-order valence-corrected chi connectivity index (χ3v) is 5.40. The van der Waals surface area contributed by atoms with E-state index in [4.69, 9.17) is 14.5 Å². The molecule has 2 fully saturated rings. The predicted octanol–water partition coefficient (Wildman–Crippen LogP) is 3.51. The van der Waals surface area contributed by atoms with E-state index in [1.54, 1.807) is 0 Å². The van der Waals surface area contributed by atoms with Crippen molar-refractivity contribution in [2.75, 3.05) is 32.8 Å². The number of nitrogens with one attached hydrogen (secondary N) is 1. The van der Waals surface area contributed by atoms with Crippen LogP contribution in [0.4, 0.5) is 0 Å². The summed E-state index contributed by atoms with van der Waals surface area (Å²) in [5, 5.41) is 3.45. The minimum atomic E-state index is 0.310. The van der Waals surface area contributed by atoms with Gasteiger partial charge in [0.15, 0.2) is 5.96 Å². The van der Waals surface area contributed by atoms with Crippen LogP contribution in [-0.4, -0.2) is 55.9 Å². The van der Waals surface area contributed by atoms with Crippen LogP contribution in [0.3, 0.4) is 0 Å². The normalized spacial score (nSPS) is 22.1. The smallest absolute Gasteiger partial charge is 0.194 e. The fraction of sp³-hybridized carbons (Fsp3) is 0.682. The number of hydrogen-bond donors (Lipinski definition) is 1. The Kier molecular flexibility index (Phi) is 7.96. The maximum Gasteiger partial charge on any atom is 0.194 e. The number of aliphatic imine (C=N–C) groups is 1. The largest absolute Gasteiger partial charge is 0.376 e. The number of ether oxygens (including phenoxy) is 2. The summed E-state index contributed by atoms with van der Waals surface area (Å²) in [6.07, 6.45) is 6.40. The van der Waals surface area contributed by atoms with Gasteiger partial charge in [0.05, 0.1) is 25.4 Å². The molecular weight excluding hydrogens is 338 g/mol. The van der Waals surface area contributed by atoms with Gasteiger partial charge in [-0.3, -0.25) is 0 Å². The first-order valence-corrected chi connectivity index (χ1v) is 10.6. The SMILES string of the molecule is CCNC(=NCc1ccc(C)cc1)N1CCC(OCC2CCCCO2)CC1. The number of benzene rings is 1. The van der Waals surface area contributed by atoms with E-state index in [-0.39, 0.29) is 0 Å². The number of likely N-dealkylation sites (tertiary alicyclic amines) is 1. The highest BCUT2D eigenvalue weighted by molar-refractivity contribution is 5.80. The lowest BCUT2D eigenvalue weighted by Gasteiger charge is -2.35. The number of aryl methyl sites for hydroxylation is 1. The molecule has 2 aliphatic heterocycles. The van der Waals surface area contributed by atoms with Gasteiger partial charge in [-0.05, 0) is 51.5 Å². The molecule has 0 saturated carbocycles. The van der Waals surface area contributed by atoms with E-state index in [0.717, 1.165) is 64.6 Å². The van der Waals surface area contributed by atoms with E-state index >= 15 is 0 Å². The summed E-state index contributed by atoms with van der Waals surface area (Å²) >= 11 is 0. The van der Waals surface area contributed by atoms with Gasteiger partial charge < -0.3 is 19.7 Å². The van der Waals surface area contributed by atoms with Crippen LogP contribution in [-0.2, 0) is 16.0 Å². The lowest BCUT2D eigenvalue weighted by atomic mass is 10.1. The summed E-state index contributed by atoms with van der Waals surface area (Å²) in [5.74, 6) is 1.02. The van der Waals surface area contributed by atoms with Crippen molar-refractivity contribution in [3.63, 3.8) is 0 Å². The molecule has 2 saturated heterocycles. The third-order valence-electron chi connectivity index (χ3n) is 5.40. The molecule has 2 aliphatic rings. The van der Waals surface area contributed by atoms with E-state index in [1.165, 1.54) is 24.0 Å². The first-order chi connectivity index (χ1) is 13.2. The second kappa shape index (κ2) is 10.7. The topological polar surface area (TPSA) is 46.1 Å². The van der Waals surface area contributed by atoms with Crippen LogP contribution in [0, 0.1) is 6.92 Å². The molecule has 1 aromatic rings. The molecule has 0 aliphatic carbocycles. The van der Waals surface area contributed by atoms with E-state index in [9.17, 15) is 0 Å². The molecule has 3 rings (SSSR count). The van der Waals surface area contributed by atoms with Gasteiger partial charge in [0, 0.05) is 26.2 Å². The molecule has 0 radical (unpaired) electrons. The fourth-order valence-corrected chi connectivity index (χ4v) is 3.70. The van der Waals surface area contributed by atoms with Gasteiger partial charge in [-0.25, -0.2) is 4.99 Å². The van der Waals surface area contributed by atoms with Crippen LogP contribution < -0.4 is 5.32 Å². The van der Waals surface area contributed by atoms with Gasteiger partial charge in [-0.15, -0.1) is 0 Å². The van der Waals surface area contributed by atoms with Crippen molar-refractivity contribution in [1.29, 1.82) is 0 Å². The fourth-order valence-electron chi connectivity index (χ4n) is 3.70. The van der Waals surface area contributed by atoms with Crippen molar-refractivity contribution in [3.8, 4) is 0 Å². The Morgan fingerprint density at radius 3 is 2.63 bits per heavy atom. The predicted molar refractivity (Wildman–Crippen MR) is 110 cm³/mol. The standard InChI is InChI=1S/C22H35N3O2/c1-3-23-22(24-16-19-9-7-18(2)8-10-19)25-13-11-20(12-14-25)27-17-21-6-4-5-15-26-21/h7-10,20-21H,3-6,11-17H2,1-2H3,(H,23,24). The van der Waals surface area contributed by atoms with Crippen LogP contribution in [0.5, 0.6) is 0 Å². The van der Waals surface area contributed by atoms with Gasteiger partial charge >= 0.3 is 0 Å². The maximum absolute atomic E-state index is 6.14. The third kappa shape index (κ3) is 6.51. The van der Waals surface area contributed by atoms with Crippen molar-refractivity contribution >= 4 is 5.96 Å². The van der Waals surface area contributed by atoms with Crippen LogP contribution in [0.2, 0.25) is 0 Å². The first-order valence-electron chi connectivity index (χ1n) is 10.6. The zero-order valence-electron chi connectivity index (χ0n) is 17.0. The highest BCUT2D eigenvalue weighted by Crippen LogP contribution is 2.18. The molecule has 1 unspecified atom stereocenters. The van der Waals surface area contributed by atoms with Crippen LogP contribution in [0.1, 0.15) is 50.2 Å². The van der Waals surface area contributed by atoms with Crippen LogP contribution in [0.15, 0.2) is 29.3 Å². The Labute approximate surface area is 164 Å². The Hall–Kier alpha value is -1.59. The molecule has 150 valence electrons. The molecule has 1 aromatic carbocycles. The lowest BCUT2D eigenvalue weighted by molar-refractivity contribution is -0.0721. The molecule has 1 N–H and O–H groups in total. The number of piperidine rings is 1. The minimum Gasteiger partial charge on any atom is -0.376 e. The maximum atomic E-state index is 6.14. The highest BCUT2D eigenvalue weighted by Gasteiger charge is 2.23. The Morgan fingerprint density at radius 1 is 1.19 bits per heavy atom. The minimum absolute atomic E-state index is 0.310. The van der Waals surface area contributed by atoms with Crippen molar-refractivity contribution in [3.05, 3.63) is 35.4 Å². The van der Waals surface area contributed by atoms with Crippen LogP contribution in [0.25, 0.3) is 0 Å². The summed E-state index contributed by atoms with van der Waals surface area (Å²) < 4.78 is 11.9. The Bertz CT molecular complexity index is 574. The van der Waals surface area contributed by atoms with Gasteiger partial charge in [0.1, 0.15) is 0 Å². The molecule has 0 spiro atoms. The van der Waals surface area contributed by atoms with E-state index in [2.05, 4.69) is 48.3 Å². The molecule has 27 heavy (non-hydrogen) atoms. The second-order valence-electron chi connectivity index (χ2n) is 7.66. The summed E-state index contributed by atoms with van der Waals surface area (Å²) in [6.45, 7) is 9.50. The molecule has 1 atom stereocenters. The number of nitrogens with zero attached hydrogens (tertiary/aromatic N) is 2. The zero-order chi connectivity index (χ0) is 18.9. The summed E-state index contributed by atoms with van der Waals surface area (Å²) in [5.41, 5.74) is 2.54. The molecule has 0 amide bonds. The Morgan fingerprint density at radius 2 is 1.96 bits per heavy atom. The van der Waals surface area contributed by atoms with Crippen molar-refractivity contribution in [1.82, 2.24) is 10.2 Å². The average molecular weight is 374 g/mol. The van der Waals surface area contributed by atoms with Gasteiger partial charge in [-0.1, -0.05) is 29.8 Å². The molecule has 5 heteroatoms. The molecule has 5 nitrogen and oxygen atoms in total. The van der Waals surface area contributed by atoms with E-state index in [0.29, 0.717) is 12.2 Å². The second-order valence-corrected chi connectivity index (χ2v) is 7.66. The van der Waals surface area contributed by atoms with Crippen molar-refractivity contribution < 1.29 is 9.47 Å². The molecular formula is C22H35N3O2. The highest BCUT2D eigenvalue weighted by atomic mass is 16.5. The number of hydrogen-bond acceptors (Lipinski definition) is 3. The molecule has 2 heterocycles. The van der Waals surface area contributed by atoms with Gasteiger partial charge in [0.2, 0.25) is 0 Å². The van der Waals surface area contributed by atoms with Crippen molar-refractivity contribution in [2.45, 2.75) is 64.7 Å². The van der Waals surface area contributed by atoms with Gasteiger partial charge in [-0.2, -0.15) is 0 Å². The monoisotopic (exact) mass is 373 g/mol. The summed E-state index contributed by atoms with van der Waals surface area (Å²) in [6, 6.07) is 8.62. The summed E-state index contributed by atoms with van der Waals surface area (Å²) in [7, 11) is 0. The Balaban J connectivity index is 1.46. The van der Waals surface area contributed by atoms with Crippen molar-refractivity contribution in [2.24, 2.45) is 4.99 Å². The zero-order valence-corrected chi connectivity index (χ0v) is 17.0.